The van der Waals surface area contributed by atoms with Gasteiger partial charge in [-0.1, -0.05) is 0 Å². The van der Waals surface area contributed by atoms with Crippen molar-refractivity contribution in [2.24, 2.45) is 5.92 Å². The number of rotatable bonds is 6. The number of hydrogen-bond donors (Lipinski definition) is 2. The van der Waals surface area contributed by atoms with Gasteiger partial charge in [-0.2, -0.15) is 0 Å². The fourth-order valence-electron chi connectivity index (χ4n) is 3.02. The van der Waals surface area contributed by atoms with Gasteiger partial charge in [0.15, 0.2) is 0 Å². The van der Waals surface area contributed by atoms with Gasteiger partial charge in [-0.15, -0.1) is 0 Å². The summed E-state index contributed by atoms with van der Waals surface area (Å²) in [4.78, 5) is 14.6. The third kappa shape index (κ3) is 4.15. The van der Waals surface area contributed by atoms with E-state index in [9.17, 15) is 13.2 Å². The van der Waals surface area contributed by atoms with Crippen LogP contribution in [0.15, 0.2) is 29.2 Å². The van der Waals surface area contributed by atoms with E-state index in [1.54, 1.807) is 12.1 Å². The van der Waals surface area contributed by atoms with Gasteiger partial charge in [-0.3, -0.25) is 4.79 Å². The number of nitrogens with zero attached hydrogens (tertiary/aromatic N) is 1. The lowest BCUT2D eigenvalue weighted by Gasteiger charge is -2.32. The molecule has 1 aromatic carbocycles. The van der Waals surface area contributed by atoms with Crippen LogP contribution in [0, 0.1) is 5.92 Å². The summed E-state index contributed by atoms with van der Waals surface area (Å²) in [7, 11) is -2.09. The monoisotopic (exact) mass is 351 g/mol. The van der Waals surface area contributed by atoms with E-state index in [1.165, 1.54) is 32.0 Å². The van der Waals surface area contributed by atoms with Crippen molar-refractivity contribution in [1.29, 1.82) is 0 Å². The first-order chi connectivity index (χ1) is 11.5. The van der Waals surface area contributed by atoms with Crippen molar-refractivity contribution in [3.05, 3.63) is 29.8 Å². The molecule has 1 saturated carbocycles. The van der Waals surface area contributed by atoms with Crippen molar-refractivity contribution >= 4 is 15.9 Å². The Bertz CT molecular complexity index is 676. The van der Waals surface area contributed by atoms with Gasteiger partial charge < -0.3 is 10.2 Å². The molecular weight excluding hydrogens is 326 g/mol. The van der Waals surface area contributed by atoms with E-state index >= 15 is 0 Å². The quantitative estimate of drug-likeness (QED) is 0.807. The normalized spacial score (nSPS) is 19.5. The molecule has 3 rings (SSSR count). The molecule has 2 N–H and O–H groups in total. The number of sulfonamides is 1. The molecule has 0 aromatic heterocycles. The molecule has 1 heterocycles. The van der Waals surface area contributed by atoms with Crippen molar-refractivity contribution in [2.75, 3.05) is 26.7 Å². The lowest BCUT2D eigenvalue weighted by Crippen LogP contribution is -2.45. The van der Waals surface area contributed by atoms with Gasteiger partial charge in [-0.25, -0.2) is 13.1 Å². The van der Waals surface area contributed by atoms with E-state index in [0.717, 1.165) is 38.4 Å². The lowest BCUT2D eigenvalue weighted by atomic mass is 10.0. The number of piperidine rings is 1. The van der Waals surface area contributed by atoms with Crippen LogP contribution in [0.3, 0.4) is 0 Å². The van der Waals surface area contributed by atoms with Crippen LogP contribution in [0.2, 0.25) is 0 Å². The molecule has 132 valence electrons. The third-order valence-electron chi connectivity index (χ3n) is 4.85. The second-order valence-corrected chi connectivity index (χ2v) is 8.54. The standard InChI is InChI=1S/C17H25N3O3S/c1-18-24(22,23)16-6-4-14(5-7-16)17(21)20-10-8-15(9-11-20)19-12-13-2-3-13/h4-7,13,15,18-19H,2-3,8-12H2,1H3. The van der Waals surface area contributed by atoms with E-state index in [4.69, 9.17) is 0 Å². The van der Waals surface area contributed by atoms with Gasteiger partial charge in [0.1, 0.15) is 0 Å². The maximum Gasteiger partial charge on any atom is 0.253 e. The molecule has 0 bridgehead atoms. The Morgan fingerprint density at radius 1 is 1.12 bits per heavy atom. The highest BCUT2D eigenvalue weighted by atomic mass is 32.2. The van der Waals surface area contributed by atoms with Gasteiger partial charge in [0, 0.05) is 24.7 Å². The van der Waals surface area contributed by atoms with E-state index < -0.39 is 10.0 Å². The minimum absolute atomic E-state index is 0.0240. The average Bonchev–Trinajstić information content (AvgIpc) is 3.44. The highest BCUT2D eigenvalue weighted by Gasteiger charge is 2.26. The summed E-state index contributed by atoms with van der Waals surface area (Å²) in [6, 6.07) is 6.64. The summed E-state index contributed by atoms with van der Waals surface area (Å²) >= 11 is 0. The van der Waals surface area contributed by atoms with Crippen LogP contribution in [0.4, 0.5) is 0 Å². The van der Waals surface area contributed by atoms with Crippen molar-refractivity contribution in [3.8, 4) is 0 Å². The summed E-state index contributed by atoms with van der Waals surface area (Å²) in [5, 5.41) is 3.60. The van der Waals surface area contributed by atoms with Crippen LogP contribution in [-0.4, -0.2) is 51.9 Å². The Kier molecular flexibility index (Phi) is 5.22. The third-order valence-corrected chi connectivity index (χ3v) is 6.28. The molecule has 6 nitrogen and oxygen atoms in total. The molecule has 1 aliphatic heterocycles. The van der Waals surface area contributed by atoms with Crippen molar-refractivity contribution in [3.63, 3.8) is 0 Å². The van der Waals surface area contributed by atoms with Crippen molar-refractivity contribution < 1.29 is 13.2 Å². The molecule has 0 radical (unpaired) electrons. The largest absolute Gasteiger partial charge is 0.339 e. The zero-order valence-corrected chi connectivity index (χ0v) is 14.8. The van der Waals surface area contributed by atoms with E-state index in [2.05, 4.69) is 10.0 Å². The number of nitrogens with one attached hydrogen (secondary N) is 2. The fourth-order valence-corrected chi connectivity index (χ4v) is 3.75. The number of carbonyl (C=O) groups is 1. The summed E-state index contributed by atoms with van der Waals surface area (Å²) < 4.78 is 25.7. The van der Waals surface area contributed by atoms with E-state index in [-0.39, 0.29) is 10.8 Å². The highest BCUT2D eigenvalue weighted by molar-refractivity contribution is 7.89. The topological polar surface area (TPSA) is 78.5 Å². The Labute approximate surface area is 143 Å². The summed E-state index contributed by atoms with van der Waals surface area (Å²) in [5.74, 6) is 0.848. The van der Waals surface area contributed by atoms with Gasteiger partial charge in [0.05, 0.1) is 4.90 Å². The second-order valence-electron chi connectivity index (χ2n) is 6.65. The summed E-state index contributed by atoms with van der Waals surface area (Å²) in [5.41, 5.74) is 0.537. The Morgan fingerprint density at radius 2 is 1.75 bits per heavy atom. The van der Waals surface area contributed by atoms with Crippen LogP contribution < -0.4 is 10.0 Å². The van der Waals surface area contributed by atoms with Crippen LogP contribution in [0.1, 0.15) is 36.0 Å². The molecule has 1 saturated heterocycles. The lowest BCUT2D eigenvalue weighted by molar-refractivity contribution is 0.0705. The maximum absolute atomic E-state index is 12.6. The predicted molar refractivity (Wildman–Crippen MR) is 92.3 cm³/mol. The first kappa shape index (κ1) is 17.4. The Hall–Kier alpha value is -1.44. The van der Waals surface area contributed by atoms with Gasteiger partial charge >= 0.3 is 0 Å². The average molecular weight is 351 g/mol. The minimum Gasteiger partial charge on any atom is -0.339 e. The zero-order valence-electron chi connectivity index (χ0n) is 14.0. The molecule has 7 heteroatoms. The Balaban J connectivity index is 1.54. The molecule has 0 atom stereocenters. The molecule has 1 aliphatic carbocycles. The SMILES string of the molecule is CNS(=O)(=O)c1ccc(C(=O)N2CCC(NCC3CC3)CC2)cc1. The van der Waals surface area contributed by atoms with E-state index in [0.29, 0.717) is 11.6 Å². The van der Waals surface area contributed by atoms with Crippen LogP contribution in [0.25, 0.3) is 0 Å². The fraction of sp³-hybridized carbons (Fsp3) is 0.588. The van der Waals surface area contributed by atoms with E-state index in [1.807, 2.05) is 4.90 Å². The van der Waals surface area contributed by atoms with Crippen molar-refractivity contribution in [2.45, 2.75) is 36.6 Å². The molecule has 24 heavy (non-hydrogen) atoms. The first-order valence-electron chi connectivity index (χ1n) is 8.56. The second kappa shape index (κ2) is 7.21. The van der Waals surface area contributed by atoms with Gasteiger partial charge in [-0.05, 0) is 69.5 Å². The predicted octanol–water partition coefficient (Wildman–Crippen LogP) is 1.20. The molecule has 2 aliphatic rings. The summed E-state index contributed by atoms with van der Waals surface area (Å²) in [6.45, 7) is 2.61. The summed E-state index contributed by atoms with van der Waals surface area (Å²) in [6.07, 6.45) is 4.66. The van der Waals surface area contributed by atoms with Crippen molar-refractivity contribution in [1.82, 2.24) is 14.9 Å². The Morgan fingerprint density at radius 3 is 2.29 bits per heavy atom. The molecular formula is C17H25N3O3S. The van der Waals surface area contributed by atoms with Gasteiger partial charge in [0.25, 0.3) is 5.91 Å². The molecule has 2 fully saturated rings. The number of amides is 1. The zero-order chi connectivity index (χ0) is 17.2. The number of carbonyl (C=O) groups excluding carboxylic acids is 1. The van der Waals surface area contributed by atoms with Crippen LogP contribution in [-0.2, 0) is 10.0 Å². The minimum atomic E-state index is -3.46. The molecule has 0 unspecified atom stereocenters. The number of hydrogen-bond acceptors (Lipinski definition) is 4. The molecule has 1 aromatic rings. The highest BCUT2D eigenvalue weighted by Crippen LogP contribution is 2.28. The number of likely N-dealkylation sites (tertiary alicyclic amines) is 1. The molecule has 1 amide bonds. The van der Waals surface area contributed by atoms with Crippen LogP contribution >= 0.6 is 0 Å². The maximum atomic E-state index is 12.6. The van der Waals surface area contributed by atoms with Crippen LogP contribution in [0.5, 0.6) is 0 Å². The first-order valence-corrected chi connectivity index (χ1v) is 10.0. The number of benzene rings is 1. The molecule has 0 spiro atoms. The van der Waals surface area contributed by atoms with Gasteiger partial charge in [0.2, 0.25) is 10.0 Å². The smallest absolute Gasteiger partial charge is 0.253 e.